The highest BCUT2D eigenvalue weighted by atomic mass is 16.5. The van der Waals surface area contributed by atoms with Crippen molar-refractivity contribution in [3.63, 3.8) is 0 Å². The van der Waals surface area contributed by atoms with Gasteiger partial charge in [0.25, 0.3) is 5.91 Å². The Bertz CT molecular complexity index is 617. The first-order valence-electron chi connectivity index (χ1n) is 7.59. The van der Waals surface area contributed by atoms with Gasteiger partial charge in [-0.15, -0.1) is 0 Å². The zero-order valence-corrected chi connectivity index (χ0v) is 13.2. The number of amides is 1. The fraction of sp³-hybridized carbons (Fsp3) is 0.278. The highest BCUT2D eigenvalue weighted by Crippen LogP contribution is 2.14. The van der Waals surface area contributed by atoms with Crippen LogP contribution in [0.15, 0.2) is 54.6 Å². The minimum atomic E-state index is -0.217. The molecule has 0 unspecified atom stereocenters. The molecule has 0 spiro atoms. The highest BCUT2D eigenvalue weighted by molar-refractivity contribution is 5.94. The standard InChI is InChI=1S/C18H22N2O3/c1-20(16-7-3-2-4-8-16)11-13-23-17-9-5-6-15(14-17)18(22)19-10-12-21/h2-9,14,21H,10-13H2,1H3,(H,19,22). The van der Waals surface area contributed by atoms with Gasteiger partial charge >= 0.3 is 0 Å². The number of anilines is 1. The van der Waals surface area contributed by atoms with E-state index in [1.165, 1.54) is 0 Å². The molecule has 2 rings (SSSR count). The summed E-state index contributed by atoms with van der Waals surface area (Å²) in [5.74, 6) is 0.439. The molecule has 0 fully saturated rings. The Morgan fingerprint density at radius 1 is 1.17 bits per heavy atom. The van der Waals surface area contributed by atoms with Crippen LogP contribution in [0.25, 0.3) is 0 Å². The summed E-state index contributed by atoms with van der Waals surface area (Å²) in [6.45, 7) is 1.43. The van der Waals surface area contributed by atoms with Crippen LogP contribution in [-0.4, -0.2) is 44.4 Å². The zero-order chi connectivity index (χ0) is 16.5. The van der Waals surface area contributed by atoms with E-state index in [1.54, 1.807) is 18.2 Å². The van der Waals surface area contributed by atoms with Gasteiger partial charge in [-0.05, 0) is 30.3 Å². The number of carbonyl (C=O) groups is 1. The van der Waals surface area contributed by atoms with Crippen LogP contribution in [-0.2, 0) is 0 Å². The quantitative estimate of drug-likeness (QED) is 0.781. The van der Waals surface area contributed by atoms with Crippen molar-refractivity contribution in [2.75, 3.05) is 38.3 Å². The average molecular weight is 314 g/mol. The lowest BCUT2D eigenvalue weighted by atomic mass is 10.2. The van der Waals surface area contributed by atoms with E-state index >= 15 is 0 Å². The molecule has 1 amide bonds. The van der Waals surface area contributed by atoms with Crippen molar-refractivity contribution in [3.8, 4) is 5.75 Å². The molecule has 0 atom stereocenters. The van der Waals surface area contributed by atoms with E-state index < -0.39 is 0 Å². The Balaban J connectivity index is 1.85. The number of nitrogens with zero attached hydrogens (tertiary/aromatic N) is 1. The molecule has 122 valence electrons. The van der Waals surface area contributed by atoms with Crippen LogP contribution in [0.2, 0.25) is 0 Å². The molecule has 2 aromatic rings. The molecule has 0 heterocycles. The van der Waals surface area contributed by atoms with Gasteiger partial charge in [-0.2, -0.15) is 0 Å². The number of ether oxygens (including phenoxy) is 1. The first-order chi connectivity index (χ1) is 11.2. The first-order valence-corrected chi connectivity index (χ1v) is 7.59. The molecule has 5 nitrogen and oxygen atoms in total. The van der Waals surface area contributed by atoms with Crippen molar-refractivity contribution >= 4 is 11.6 Å². The summed E-state index contributed by atoms with van der Waals surface area (Å²) >= 11 is 0. The molecule has 5 heteroatoms. The van der Waals surface area contributed by atoms with Crippen molar-refractivity contribution in [3.05, 3.63) is 60.2 Å². The molecule has 0 saturated carbocycles. The summed E-state index contributed by atoms with van der Waals surface area (Å²) in [6, 6.07) is 17.1. The zero-order valence-electron chi connectivity index (χ0n) is 13.2. The largest absolute Gasteiger partial charge is 0.492 e. The number of carbonyl (C=O) groups excluding carboxylic acids is 1. The van der Waals surface area contributed by atoms with Gasteiger partial charge in [-0.1, -0.05) is 24.3 Å². The van der Waals surface area contributed by atoms with Gasteiger partial charge in [0.1, 0.15) is 12.4 Å². The van der Waals surface area contributed by atoms with Gasteiger partial charge in [-0.25, -0.2) is 0 Å². The SMILES string of the molecule is CN(CCOc1cccc(C(=O)NCCO)c1)c1ccccc1. The van der Waals surface area contributed by atoms with Crippen molar-refractivity contribution in [2.24, 2.45) is 0 Å². The lowest BCUT2D eigenvalue weighted by Crippen LogP contribution is -2.26. The van der Waals surface area contributed by atoms with Gasteiger partial charge < -0.3 is 20.1 Å². The van der Waals surface area contributed by atoms with E-state index in [-0.39, 0.29) is 19.1 Å². The van der Waals surface area contributed by atoms with E-state index in [0.29, 0.717) is 17.9 Å². The van der Waals surface area contributed by atoms with Gasteiger partial charge in [0.15, 0.2) is 0 Å². The summed E-state index contributed by atoms with van der Waals surface area (Å²) in [4.78, 5) is 13.9. The second kappa shape index (κ2) is 8.80. The third-order valence-corrected chi connectivity index (χ3v) is 3.39. The fourth-order valence-electron chi connectivity index (χ4n) is 2.11. The number of nitrogens with one attached hydrogen (secondary N) is 1. The number of hydrogen-bond acceptors (Lipinski definition) is 4. The summed E-state index contributed by atoms with van der Waals surface area (Å²) < 4.78 is 5.72. The molecule has 2 aromatic carbocycles. The van der Waals surface area contributed by atoms with Crippen molar-refractivity contribution in [1.29, 1.82) is 0 Å². The first kappa shape index (κ1) is 16.8. The molecular weight excluding hydrogens is 292 g/mol. The van der Waals surface area contributed by atoms with E-state index in [4.69, 9.17) is 9.84 Å². The maximum atomic E-state index is 11.8. The van der Waals surface area contributed by atoms with Crippen LogP contribution in [0.5, 0.6) is 5.75 Å². The Labute approximate surface area is 136 Å². The van der Waals surface area contributed by atoms with E-state index in [0.717, 1.165) is 12.2 Å². The van der Waals surface area contributed by atoms with Crippen molar-refractivity contribution in [2.45, 2.75) is 0 Å². The summed E-state index contributed by atoms with van der Waals surface area (Å²) in [6.07, 6.45) is 0. The molecule has 0 saturated heterocycles. The molecule has 0 aromatic heterocycles. The van der Waals surface area contributed by atoms with Crippen LogP contribution >= 0.6 is 0 Å². The third-order valence-electron chi connectivity index (χ3n) is 3.39. The Hall–Kier alpha value is -2.53. The van der Waals surface area contributed by atoms with Gasteiger partial charge in [0.2, 0.25) is 0 Å². The van der Waals surface area contributed by atoms with Gasteiger partial charge in [0, 0.05) is 24.8 Å². The predicted octanol–water partition coefficient (Wildman–Crippen LogP) is 1.92. The minimum Gasteiger partial charge on any atom is -0.492 e. The highest BCUT2D eigenvalue weighted by Gasteiger charge is 2.06. The number of hydrogen-bond donors (Lipinski definition) is 2. The molecule has 0 bridgehead atoms. The molecular formula is C18H22N2O3. The summed E-state index contributed by atoms with van der Waals surface area (Å²) in [7, 11) is 2.01. The van der Waals surface area contributed by atoms with Crippen molar-refractivity contribution in [1.82, 2.24) is 5.32 Å². The normalized spacial score (nSPS) is 10.2. The Morgan fingerprint density at radius 2 is 1.96 bits per heavy atom. The second-order valence-corrected chi connectivity index (χ2v) is 5.11. The number of benzene rings is 2. The fourth-order valence-corrected chi connectivity index (χ4v) is 2.11. The lowest BCUT2D eigenvalue weighted by Gasteiger charge is -2.19. The second-order valence-electron chi connectivity index (χ2n) is 5.11. The van der Waals surface area contributed by atoms with Crippen LogP contribution in [0.4, 0.5) is 5.69 Å². The molecule has 0 aliphatic carbocycles. The van der Waals surface area contributed by atoms with E-state index in [9.17, 15) is 4.79 Å². The molecule has 2 N–H and O–H groups in total. The number of aliphatic hydroxyl groups excluding tert-OH is 1. The lowest BCUT2D eigenvalue weighted by molar-refractivity contribution is 0.0944. The maximum absolute atomic E-state index is 11.8. The minimum absolute atomic E-state index is 0.0756. The van der Waals surface area contributed by atoms with Crippen molar-refractivity contribution < 1.29 is 14.6 Å². The van der Waals surface area contributed by atoms with Crippen LogP contribution in [0.1, 0.15) is 10.4 Å². The van der Waals surface area contributed by atoms with Gasteiger partial charge in [-0.3, -0.25) is 4.79 Å². The van der Waals surface area contributed by atoms with E-state index in [2.05, 4.69) is 10.2 Å². The smallest absolute Gasteiger partial charge is 0.251 e. The monoisotopic (exact) mass is 314 g/mol. The summed E-state index contributed by atoms with van der Waals surface area (Å²) in [5, 5.41) is 11.4. The van der Waals surface area contributed by atoms with Crippen LogP contribution in [0.3, 0.4) is 0 Å². The third kappa shape index (κ3) is 5.30. The molecule has 0 aliphatic rings. The summed E-state index contributed by atoms with van der Waals surface area (Å²) in [5.41, 5.74) is 1.65. The maximum Gasteiger partial charge on any atom is 0.251 e. The topological polar surface area (TPSA) is 61.8 Å². The Kier molecular flexibility index (Phi) is 6.44. The number of para-hydroxylation sites is 1. The molecule has 0 aliphatic heterocycles. The van der Waals surface area contributed by atoms with Gasteiger partial charge in [0.05, 0.1) is 13.2 Å². The van der Waals surface area contributed by atoms with E-state index in [1.807, 2.05) is 43.4 Å². The number of likely N-dealkylation sites (N-methyl/N-ethyl adjacent to an activating group) is 1. The average Bonchev–Trinajstić information content (AvgIpc) is 2.60. The molecule has 0 radical (unpaired) electrons. The predicted molar refractivity (Wildman–Crippen MR) is 91.1 cm³/mol. The molecule has 23 heavy (non-hydrogen) atoms. The number of aliphatic hydroxyl groups is 1. The van der Waals surface area contributed by atoms with Crippen LogP contribution < -0.4 is 15.0 Å². The van der Waals surface area contributed by atoms with Crippen LogP contribution in [0, 0.1) is 0 Å². The Morgan fingerprint density at radius 3 is 2.70 bits per heavy atom. The number of rotatable bonds is 8.